The fourth-order valence-electron chi connectivity index (χ4n) is 1.64. The van der Waals surface area contributed by atoms with Crippen LogP contribution in [0.2, 0.25) is 0 Å². The van der Waals surface area contributed by atoms with Gasteiger partial charge in [0.2, 0.25) is 0 Å². The lowest BCUT2D eigenvalue weighted by Crippen LogP contribution is -2.14. The molecule has 0 fully saturated rings. The number of hydrogen-bond acceptors (Lipinski definition) is 4. The fourth-order valence-corrected chi connectivity index (χ4v) is 2.05. The van der Waals surface area contributed by atoms with Crippen molar-refractivity contribution in [3.63, 3.8) is 0 Å². The summed E-state index contributed by atoms with van der Waals surface area (Å²) in [6.45, 7) is 0.327. The molecule has 0 saturated heterocycles. The first-order valence-corrected chi connectivity index (χ1v) is 6.42. The van der Waals surface area contributed by atoms with Gasteiger partial charge >= 0.3 is 0 Å². The summed E-state index contributed by atoms with van der Waals surface area (Å²) in [4.78, 5) is 11.8. The van der Waals surface area contributed by atoms with Gasteiger partial charge in [-0.2, -0.15) is 0 Å². The molecule has 0 aliphatic carbocycles. The van der Waals surface area contributed by atoms with E-state index in [1.165, 1.54) is 10.7 Å². The van der Waals surface area contributed by atoms with E-state index >= 15 is 0 Å². The summed E-state index contributed by atoms with van der Waals surface area (Å²) in [6, 6.07) is 4.52. The highest BCUT2D eigenvalue weighted by molar-refractivity contribution is 9.10. The van der Waals surface area contributed by atoms with Crippen molar-refractivity contribution in [2.45, 2.75) is 19.5 Å². The highest BCUT2D eigenvalue weighted by Crippen LogP contribution is 2.16. The number of rotatable bonds is 5. The van der Waals surface area contributed by atoms with Gasteiger partial charge in [0.1, 0.15) is 12.4 Å². The summed E-state index contributed by atoms with van der Waals surface area (Å²) in [5.74, 6) is -0.539. The topological polar surface area (TPSA) is 73.8 Å². The molecule has 0 amide bonds. The minimum Gasteiger partial charge on any atom is -0.325 e. The van der Waals surface area contributed by atoms with Gasteiger partial charge in [0, 0.05) is 17.4 Å². The van der Waals surface area contributed by atoms with Crippen molar-refractivity contribution in [1.29, 1.82) is 0 Å². The van der Waals surface area contributed by atoms with E-state index in [1.807, 2.05) is 0 Å². The molecule has 0 atom stereocenters. The van der Waals surface area contributed by atoms with Crippen LogP contribution in [0.4, 0.5) is 4.39 Å². The van der Waals surface area contributed by atoms with Crippen LogP contribution in [0.25, 0.3) is 0 Å². The third kappa shape index (κ3) is 3.68. The lowest BCUT2D eigenvalue weighted by atomic mass is 10.1. The Bertz CT molecular complexity index is 599. The Morgan fingerprint density at radius 3 is 2.95 bits per heavy atom. The third-order valence-electron chi connectivity index (χ3n) is 2.53. The van der Waals surface area contributed by atoms with Crippen molar-refractivity contribution in [3.05, 3.63) is 45.9 Å². The molecule has 0 bridgehead atoms. The van der Waals surface area contributed by atoms with Crippen molar-refractivity contribution in [2.24, 2.45) is 5.73 Å². The number of nitrogens with zero attached hydrogens (tertiary/aromatic N) is 3. The summed E-state index contributed by atoms with van der Waals surface area (Å²) in [7, 11) is 0. The van der Waals surface area contributed by atoms with Gasteiger partial charge in [0.05, 0.1) is 11.9 Å². The van der Waals surface area contributed by atoms with Gasteiger partial charge in [-0.25, -0.2) is 9.07 Å². The Morgan fingerprint density at radius 2 is 2.26 bits per heavy atom. The lowest BCUT2D eigenvalue weighted by molar-refractivity contribution is -0.119. The van der Waals surface area contributed by atoms with Gasteiger partial charge in [0.15, 0.2) is 5.78 Å². The van der Waals surface area contributed by atoms with E-state index in [0.29, 0.717) is 11.3 Å². The molecule has 0 unspecified atom stereocenters. The number of Topliss-reactive ketones (excluding diaryl/α,β-unsaturated/α-hetero) is 1. The zero-order chi connectivity index (χ0) is 13.8. The number of carbonyl (C=O) groups excluding carboxylic acids is 1. The van der Waals surface area contributed by atoms with Gasteiger partial charge in [-0.1, -0.05) is 21.1 Å². The Kier molecular flexibility index (Phi) is 4.39. The number of carbonyl (C=O) groups is 1. The average Bonchev–Trinajstić information content (AvgIpc) is 2.81. The fraction of sp³-hybridized carbons (Fsp3) is 0.250. The van der Waals surface area contributed by atoms with Gasteiger partial charge in [0.25, 0.3) is 0 Å². The van der Waals surface area contributed by atoms with Crippen molar-refractivity contribution in [1.82, 2.24) is 15.0 Å². The number of benzene rings is 1. The van der Waals surface area contributed by atoms with Gasteiger partial charge in [-0.05, 0) is 23.8 Å². The van der Waals surface area contributed by atoms with Crippen LogP contribution >= 0.6 is 15.9 Å². The maximum absolute atomic E-state index is 13.5. The summed E-state index contributed by atoms with van der Waals surface area (Å²) in [5, 5.41) is 7.55. The van der Waals surface area contributed by atoms with E-state index in [2.05, 4.69) is 26.2 Å². The first-order valence-electron chi connectivity index (χ1n) is 5.63. The van der Waals surface area contributed by atoms with Crippen LogP contribution in [0.5, 0.6) is 0 Å². The minimum absolute atomic E-state index is 0.0170. The predicted molar refractivity (Wildman–Crippen MR) is 70.7 cm³/mol. The Hall–Kier alpha value is -1.60. The number of ketones is 1. The normalized spacial score (nSPS) is 10.7. The van der Waals surface area contributed by atoms with Gasteiger partial charge in [-0.15, -0.1) is 5.10 Å². The molecule has 5 nitrogen and oxygen atoms in total. The Labute approximate surface area is 117 Å². The van der Waals surface area contributed by atoms with E-state index in [0.717, 1.165) is 4.47 Å². The van der Waals surface area contributed by atoms with Crippen LogP contribution in [0.15, 0.2) is 28.9 Å². The maximum Gasteiger partial charge on any atom is 0.158 e. The van der Waals surface area contributed by atoms with Crippen LogP contribution in [-0.2, 0) is 24.3 Å². The summed E-state index contributed by atoms with van der Waals surface area (Å²) in [6.07, 6.45) is 1.62. The van der Waals surface area contributed by atoms with E-state index in [9.17, 15) is 9.18 Å². The molecule has 1 heterocycles. The molecule has 1 aromatic heterocycles. The van der Waals surface area contributed by atoms with E-state index in [-0.39, 0.29) is 25.3 Å². The van der Waals surface area contributed by atoms with Gasteiger partial charge in [-0.3, -0.25) is 4.79 Å². The number of aromatic nitrogens is 3. The molecule has 7 heteroatoms. The molecule has 0 aliphatic rings. The van der Waals surface area contributed by atoms with E-state index in [1.54, 1.807) is 18.3 Å². The lowest BCUT2D eigenvalue weighted by Gasteiger charge is -2.03. The monoisotopic (exact) mass is 326 g/mol. The van der Waals surface area contributed by atoms with Crippen LogP contribution in [-0.4, -0.2) is 20.8 Å². The molecule has 19 heavy (non-hydrogen) atoms. The molecule has 100 valence electrons. The maximum atomic E-state index is 13.5. The SMILES string of the molecule is NCc1cn(CC(=O)Cc2cc(Br)ccc2F)nn1. The van der Waals surface area contributed by atoms with Crippen molar-refractivity contribution in [3.8, 4) is 0 Å². The Morgan fingerprint density at radius 1 is 1.47 bits per heavy atom. The van der Waals surface area contributed by atoms with Crippen LogP contribution in [0.1, 0.15) is 11.3 Å². The molecule has 1 aromatic carbocycles. The van der Waals surface area contributed by atoms with E-state index in [4.69, 9.17) is 5.73 Å². The van der Waals surface area contributed by atoms with Gasteiger partial charge < -0.3 is 5.73 Å². The highest BCUT2D eigenvalue weighted by atomic mass is 79.9. The van der Waals surface area contributed by atoms with Crippen molar-refractivity contribution < 1.29 is 9.18 Å². The molecule has 2 N–H and O–H groups in total. The molecule has 2 rings (SSSR count). The molecule has 0 saturated carbocycles. The second kappa shape index (κ2) is 6.03. The Balaban J connectivity index is 2.03. The minimum atomic E-state index is -0.391. The second-order valence-electron chi connectivity index (χ2n) is 4.06. The molecule has 0 spiro atoms. The zero-order valence-electron chi connectivity index (χ0n) is 10.0. The van der Waals surface area contributed by atoms with Crippen molar-refractivity contribution >= 4 is 21.7 Å². The van der Waals surface area contributed by atoms with Crippen LogP contribution in [0.3, 0.4) is 0 Å². The second-order valence-corrected chi connectivity index (χ2v) is 4.98. The van der Waals surface area contributed by atoms with Crippen molar-refractivity contribution in [2.75, 3.05) is 0 Å². The van der Waals surface area contributed by atoms with E-state index < -0.39 is 5.82 Å². The molecule has 0 radical (unpaired) electrons. The highest BCUT2D eigenvalue weighted by Gasteiger charge is 2.10. The first-order chi connectivity index (χ1) is 9.08. The molecular weight excluding hydrogens is 315 g/mol. The number of nitrogens with two attached hydrogens (primary N) is 1. The molecular formula is C12H12BrFN4O. The summed E-state index contributed by atoms with van der Waals surface area (Å²) < 4.78 is 15.6. The summed E-state index contributed by atoms with van der Waals surface area (Å²) >= 11 is 3.25. The molecule has 2 aromatic rings. The first kappa shape index (κ1) is 13.8. The van der Waals surface area contributed by atoms with Crippen LogP contribution in [0, 0.1) is 5.82 Å². The zero-order valence-corrected chi connectivity index (χ0v) is 11.6. The predicted octanol–water partition coefficient (Wildman–Crippen LogP) is 1.45. The quantitative estimate of drug-likeness (QED) is 0.902. The number of hydrogen-bond donors (Lipinski definition) is 1. The standard InChI is InChI=1S/C12H12BrFN4O/c13-9-1-2-12(14)8(3-9)4-11(19)7-18-6-10(5-15)16-17-18/h1-3,6H,4-5,7,15H2. The molecule has 0 aliphatic heterocycles. The smallest absolute Gasteiger partial charge is 0.158 e. The largest absolute Gasteiger partial charge is 0.325 e. The summed E-state index contributed by atoms with van der Waals surface area (Å²) in [5.41, 5.74) is 6.37. The number of halogens is 2. The third-order valence-corrected chi connectivity index (χ3v) is 3.02. The van der Waals surface area contributed by atoms with Crippen LogP contribution < -0.4 is 5.73 Å². The average molecular weight is 327 g/mol.